The monoisotopic (exact) mass is 484 g/mol. The van der Waals surface area contributed by atoms with E-state index in [1.54, 1.807) is 26.8 Å². The molecule has 9 nitrogen and oxygen atoms in total. The van der Waals surface area contributed by atoms with Crippen LogP contribution in [-0.4, -0.2) is 59.6 Å². The maximum Gasteiger partial charge on any atom is 0.262 e. The Kier molecular flexibility index (Phi) is 8.65. The number of rotatable bonds is 11. The van der Waals surface area contributed by atoms with E-state index in [1.165, 1.54) is 40.7 Å². The van der Waals surface area contributed by atoms with Crippen LogP contribution in [0.15, 0.2) is 52.3 Å². The Bertz CT molecular complexity index is 1140. The van der Waals surface area contributed by atoms with Crippen LogP contribution in [0.4, 0.5) is 5.69 Å². The van der Waals surface area contributed by atoms with Gasteiger partial charge in [0.25, 0.3) is 5.91 Å². The van der Waals surface area contributed by atoms with E-state index in [2.05, 4.69) is 5.32 Å². The number of hydrogen-bond donors (Lipinski definition) is 1. The Hall–Kier alpha value is -2.63. The molecule has 0 aliphatic rings. The number of ether oxygens (including phenoxy) is 2. The van der Waals surface area contributed by atoms with E-state index < -0.39 is 25.8 Å². The fourth-order valence-corrected chi connectivity index (χ4v) is 5.14. The number of carbonyl (C=O) groups is 1. The van der Waals surface area contributed by atoms with Gasteiger partial charge >= 0.3 is 0 Å². The van der Waals surface area contributed by atoms with Crippen LogP contribution in [-0.2, 0) is 24.7 Å². The molecule has 1 N–H and O–H groups in total. The lowest BCUT2D eigenvalue weighted by atomic mass is 10.3. The molecule has 0 bridgehead atoms. The molecule has 0 fully saturated rings. The zero-order valence-electron chi connectivity index (χ0n) is 18.5. The molecule has 2 rings (SSSR count). The van der Waals surface area contributed by atoms with E-state index in [9.17, 15) is 21.6 Å². The molecule has 0 saturated heterocycles. The van der Waals surface area contributed by atoms with E-state index in [4.69, 9.17) is 9.47 Å². The summed E-state index contributed by atoms with van der Waals surface area (Å²) >= 11 is 0. The van der Waals surface area contributed by atoms with Crippen LogP contribution in [0.1, 0.15) is 20.8 Å². The van der Waals surface area contributed by atoms with E-state index in [0.29, 0.717) is 25.4 Å². The van der Waals surface area contributed by atoms with Crippen LogP contribution in [0.5, 0.6) is 11.5 Å². The van der Waals surface area contributed by atoms with Gasteiger partial charge < -0.3 is 14.8 Å². The van der Waals surface area contributed by atoms with Gasteiger partial charge in [-0.15, -0.1) is 0 Å². The average molecular weight is 485 g/mol. The van der Waals surface area contributed by atoms with Crippen molar-refractivity contribution in [3.63, 3.8) is 0 Å². The van der Waals surface area contributed by atoms with Crippen molar-refractivity contribution in [2.75, 3.05) is 37.9 Å². The molecule has 11 heteroatoms. The van der Waals surface area contributed by atoms with E-state index in [0.717, 1.165) is 6.26 Å². The fraction of sp³-hybridized carbons (Fsp3) is 0.381. The van der Waals surface area contributed by atoms with Gasteiger partial charge in [0.2, 0.25) is 10.0 Å². The van der Waals surface area contributed by atoms with Crippen molar-refractivity contribution in [3.8, 4) is 11.5 Å². The molecular formula is C21H28N2O7S2. The third kappa shape index (κ3) is 6.44. The molecule has 32 heavy (non-hydrogen) atoms. The first-order chi connectivity index (χ1) is 15.0. The van der Waals surface area contributed by atoms with Gasteiger partial charge in [-0.1, -0.05) is 13.8 Å². The number of benzene rings is 2. The van der Waals surface area contributed by atoms with Gasteiger partial charge in [-0.3, -0.25) is 4.79 Å². The molecule has 0 radical (unpaired) electrons. The standard InChI is InChI=1S/C21H28N2O7S2/c1-5-23(6-2)32(27,28)20-14-16(8-13-19(20)29-7-3)22-21(24)15-30-17-9-11-18(12-10-17)31(4,25)26/h8-14H,5-7,15H2,1-4H3,(H,22,24). The SMILES string of the molecule is CCOc1ccc(NC(=O)COc2ccc(S(C)(=O)=O)cc2)cc1S(=O)(=O)N(CC)CC. The van der Waals surface area contributed by atoms with Gasteiger partial charge in [-0.2, -0.15) is 4.31 Å². The van der Waals surface area contributed by atoms with Crippen molar-refractivity contribution >= 4 is 31.5 Å². The summed E-state index contributed by atoms with van der Waals surface area (Å²) in [5.41, 5.74) is 0.278. The second-order valence-corrected chi connectivity index (χ2v) is 10.7. The summed E-state index contributed by atoms with van der Waals surface area (Å²) in [6, 6.07) is 10.1. The third-order valence-electron chi connectivity index (χ3n) is 4.47. The van der Waals surface area contributed by atoms with Gasteiger partial charge in [0.1, 0.15) is 16.4 Å². The number of carbonyl (C=O) groups excluding carboxylic acids is 1. The largest absolute Gasteiger partial charge is 0.492 e. The highest BCUT2D eigenvalue weighted by Gasteiger charge is 2.26. The van der Waals surface area contributed by atoms with Crippen molar-refractivity contribution in [2.45, 2.75) is 30.6 Å². The molecule has 2 aromatic carbocycles. The number of hydrogen-bond acceptors (Lipinski definition) is 7. The zero-order valence-corrected chi connectivity index (χ0v) is 20.1. The summed E-state index contributed by atoms with van der Waals surface area (Å²) in [4.78, 5) is 12.4. The normalized spacial score (nSPS) is 11.9. The van der Waals surface area contributed by atoms with Crippen LogP contribution in [0.3, 0.4) is 0 Å². The van der Waals surface area contributed by atoms with Crippen molar-refractivity contribution in [3.05, 3.63) is 42.5 Å². The molecule has 1 amide bonds. The predicted octanol–water partition coefficient (Wildman–Crippen LogP) is 2.54. The van der Waals surface area contributed by atoms with Crippen LogP contribution < -0.4 is 14.8 Å². The topological polar surface area (TPSA) is 119 Å². The van der Waals surface area contributed by atoms with Crippen molar-refractivity contribution in [1.82, 2.24) is 4.31 Å². The highest BCUT2D eigenvalue weighted by atomic mass is 32.2. The fourth-order valence-electron chi connectivity index (χ4n) is 2.89. The lowest BCUT2D eigenvalue weighted by Gasteiger charge is -2.21. The van der Waals surface area contributed by atoms with Crippen molar-refractivity contribution < 1.29 is 31.1 Å². The lowest BCUT2D eigenvalue weighted by Crippen LogP contribution is -2.31. The first-order valence-corrected chi connectivity index (χ1v) is 13.4. The number of nitrogens with zero attached hydrogens (tertiary/aromatic N) is 1. The molecule has 0 aliphatic carbocycles. The summed E-state index contributed by atoms with van der Waals surface area (Å²) in [6.45, 7) is 5.78. The Morgan fingerprint density at radius 1 is 0.938 bits per heavy atom. The lowest BCUT2D eigenvalue weighted by molar-refractivity contribution is -0.118. The van der Waals surface area contributed by atoms with E-state index in [-0.39, 0.29) is 27.8 Å². The Labute approximate surface area is 189 Å². The number of nitrogens with one attached hydrogen (secondary N) is 1. The second-order valence-electron chi connectivity index (χ2n) is 6.76. The Morgan fingerprint density at radius 3 is 2.09 bits per heavy atom. The molecule has 0 aromatic heterocycles. The summed E-state index contributed by atoms with van der Waals surface area (Å²) in [6.07, 6.45) is 1.10. The van der Waals surface area contributed by atoms with Crippen LogP contribution >= 0.6 is 0 Å². The second kappa shape index (κ2) is 10.8. The van der Waals surface area contributed by atoms with Gasteiger partial charge in [0, 0.05) is 25.0 Å². The maximum atomic E-state index is 13.0. The Balaban J connectivity index is 2.16. The number of amides is 1. The molecule has 176 valence electrons. The van der Waals surface area contributed by atoms with Crippen LogP contribution in [0.2, 0.25) is 0 Å². The van der Waals surface area contributed by atoms with Gasteiger partial charge in [-0.05, 0) is 49.4 Å². The highest BCUT2D eigenvalue weighted by molar-refractivity contribution is 7.90. The van der Waals surface area contributed by atoms with Crippen LogP contribution in [0, 0.1) is 0 Å². The first-order valence-electron chi connectivity index (χ1n) is 10.0. The van der Waals surface area contributed by atoms with Crippen molar-refractivity contribution in [2.24, 2.45) is 0 Å². The molecule has 0 spiro atoms. The Morgan fingerprint density at radius 2 is 1.56 bits per heavy atom. The summed E-state index contributed by atoms with van der Waals surface area (Å²) in [5, 5.41) is 2.61. The van der Waals surface area contributed by atoms with Crippen molar-refractivity contribution in [1.29, 1.82) is 0 Å². The summed E-state index contributed by atoms with van der Waals surface area (Å²) < 4.78 is 61.2. The van der Waals surface area contributed by atoms with E-state index in [1.807, 2.05) is 0 Å². The summed E-state index contributed by atoms with van der Waals surface area (Å²) in [7, 11) is -7.13. The maximum absolute atomic E-state index is 13.0. The minimum absolute atomic E-state index is 0.0295. The van der Waals surface area contributed by atoms with Gasteiger partial charge in [-0.25, -0.2) is 16.8 Å². The molecule has 0 saturated carbocycles. The molecule has 0 aliphatic heterocycles. The first kappa shape index (κ1) is 25.6. The quantitative estimate of drug-likeness (QED) is 0.520. The van der Waals surface area contributed by atoms with Gasteiger partial charge in [0.15, 0.2) is 16.4 Å². The molecule has 0 unspecified atom stereocenters. The smallest absolute Gasteiger partial charge is 0.262 e. The minimum atomic E-state index is -3.81. The zero-order chi connectivity index (χ0) is 23.9. The third-order valence-corrected chi connectivity index (χ3v) is 7.67. The minimum Gasteiger partial charge on any atom is -0.492 e. The van der Waals surface area contributed by atoms with Crippen LogP contribution in [0.25, 0.3) is 0 Å². The highest BCUT2D eigenvalue weighted by Crippen LogP contribution is 2.30. The number of anilines is 1. The number of sulfonamides is 1. The predicted molar refractivity (Wildman–Crippen MR) is 121 cm³/mol. The molecular weight excluding hydrogens is 456 g/mol. The summed E-state index contributed by atoms with van der Waals surface area (Å²) in [5.74, 6) is 0.0243. The average Bonchev–Trinajstić information content (AvgIpc) is 2.74. The molecule has 2 aromatic rings. The molecule has 0 heterocycles. The number of sulfone groups is 1. The molecule has 0 atom stereocenters. The van der Waals surface area contributed by atoms with E-state index >= 15 is 0 Å². The van der Waals surface area contributed by atoms with Gasteiger partial charge in [0.05, 0.1) is 11.5 Å².